The molecule has 0 spiro atoms. The summed E-state index contributed by atoms with van der Waals surface area (Å²) in [5, 5.41) is 0. The van der Waals surface area contributed by atoms with Gasteiger partial charge in [0.1, 0.15) is 0 Å². The quantitative estimate of drug-likeness (QED) is 0.757. The molecule has 76 valence electrons. The lowest BCUT2D eigenvalue weighted by Gasteiger charge is -2.01. The van der Waals surface area contributed by atoms with Gasteiger partial charge in [-0.15, -0.1) is 11.3 Å². The molecule has 14 heavy (non-hydrogen) atoms. The van der Waals surface area contributed by atoms with Crippen molar-refractivity contribution in [2.24, 2.45) is 0 Å². The predicted molar refractivity (Wildman–Crippen MR) is 68.5 cm³/mol. The summed E-state index contributed by atoms with van der Waals surface area (Å²) in [6.45, 7) is 8.30. The van der Waals surface area contributed by atoms with E-state index in [1.54, 1.807) is 11.3 Å². The van der Waals surface area contributed by atoms with Crippen LogP contribution >= 0.6 is 27.3 Å². The van der Waals surface area contributed by atoms with Crippen molar-refractivity contribution in [3.8, 4) is 0 Å². The van der Waals surface area contributed by atoms with E-state index in [1.807, 2.05) is 6.92 Å². The Hall–Kier alpha value is -0.410. The third kappa shape index (κ3) is 2.34. The predicted octanol–water partition coefficient (Wildman–Crippen LogP) is 4.75. The number of hydrogen-bond donors (Lipinski definition) is 0. The van der Waals surface area contributed by atoms with Gasteiger partial charge in [0, 0.05) is 0 Å². The Kier molecular flexibility index (Phi) is 4.08. The first-order valence-corrected chi connectivity index (χ1v) is 6.14. The van der Waals surface area contributed by atoms with Gasteiger partial charge in [0.25, 0.3) is 0 Å². The topological polar surface area (TPSA) is 12.9 Å². The van der Waals surface area contributed by atoms with Crippen LogP contribution in [0.1, 0.15) is 38.3 Å². The lowest BCUT2D eigenvalue weighted by atomic mass is 10.1. The molecule has 0 saturated carbocycles. The Morgan fingerprint density at radius 2 is 1.79 bits per heavy atom. The third-order valence-corrected chi connectivity index (χ3v) is 3.84. The minimum Gasteiger partial charge on any atom is -0.229 e. The summed E-state index contributed by atoms with van der Waals surface area (Å²) in [4.78, 5) is 5.74. The zero-order valence-electron chi connectivity index (χ0n) is 8.89. The maximum atomic E-state index is 4.48. The second-order valence-corrected chi connectivity index (χ2v) is 5.36. The van der Waals surface area contributed by atoms with E-state index in [2.05, 4.69) is 53.8 Å². The van der Waals surface area contributed by atoms with Crippen LogP contribution in [-0.4, -0.2) is 4.98 Å². The van der Waals surface area contributed by atoms with E-state index in [9.17, 15) is 0 Å². The summed E-state index contributed by atoms with van der Waals surface area (Å²) >= 11 is 5.12. The molecule has 3 heteroatoms. The van der Waals surface area contributed by atoms with Crippen LogP contribution < -0.4 is 0 Å². The molecule has 1 aromatic heterocycles. The van der Waals surface area contributed by atoms with Gasteiger partial charge in [0.05, 0.1) is 10.6 Å². The number of rotatable bonds is 2. The van der Waals surface area contributed by atoms with Gasteiger partial charge in [-0.2, -0.15) is 0 Å². The van der Waals surface area contributed by atoms with Crippen molar-refractivity contribution in [2.45, 2.75) is 27.7 Å². The number of aromatic nitrogens is 1. The van der Waals surface area contributed by atoms with Gasteiger partial charge in [-0.3, -0.25) is 0 Å². The summed E-state index contributed by atoms with van der Waals surface area (Å²) in [6, 6.07) is 0. The van der Waals surface area contributed by atoms with Crippen molar-refractivity contribution in [1.29, 1.82) is 0 Å². The molecule has 0 fully saturated rings. The summed E-state index contributed by atoms with van der Waals surface area (Å²) in [5.74, 6) is 0. The Bertz CT molecular complexity index is 352. The molecule has 0 amide bonds. The first-order chi connectivity index (χ1) is 6.60. The van der Waals surface area contributed by atoms with Crippen molar-refractivity contribution >= 4 is 38.4 Å². The highest BCUT2D eigenvalue weighted by Crippen LogP contribution is 2.32. The highest BCUT2D eigenvalue weighted by Gasteiger charge is 2.11. The molecule has 0 aliphatic heterocycles. The average Bonchev–Trinajstić information content (AvgIpc) is 2.58. The second kappa shape index (κ2) is 4.89. The molecule has 1 heterocycles. The van der Waals surface area contributed by atoms with Crippen LogP contribution in [0.2, 0.25) is 0 Å². The first kappa shape index (κ1) is 11.7. The zero-order chi connectivity index (χ0) is 10.7. The van der Waals surface area contributed by atoms with Crippen LogP contribution in [0.25, 0.3) is 11.1 Å². The standard InChI is InChI=1S/C11H14BrNS/c1-5-7(3)9-10(8(4)6-2)14-11(12)13-9/h5-6H,1-4H3. The molecule has 0 atom stereocenters. The molecule has 0 bridgehead atoms. The smallest absolute Gasteiger partial charge is 0.160 e. The highest BCUT2D eigenvalue weighted by atomic mass is 79.9. The molecular formula is C11H14BrNS. The molecule has 0 aromatic carbocycles. The Balaban J connectivity index is 3.30. The van der Waals surface area contributed by atoms with Crippen molar-refractivity contribution in [2.75, 3.05) is 0 Å². The Morgan fingerprint density at radius 3 is 2.29 bits per heavy atom. The van der Waals surface area contributed by atoms with Crippen LogP contribution in [0.5, 0.6) is 0 Å². The summed E-state index contributed by atoms with van der Waals surface area (Å²) < 4.78 is 0.949. The van der Waals surface area contributed by atoms with Crippen LogP contribution in [0, 0.1) is 0 Å². The SMILES string of the molecule is CC=C(C)c1nc(Br)sc1C(C)=CC. The first-order valence-electron chi connectivity index (χ1n) is 4.53. The largest absolute Gasteiger partial charge is 0.229 e. The number of halogens is 1. The summed E-state index contributed by atoms with van der Waals surface area (Å²) in [6.07, 6.45) is 4.21. The van der Waals surface area contributed by atoms with Gasteiger partial charge in [-0.05, 0) is 54.8 Å². The molecule has 0 unspecified atom stereocenters. The number of hydrogen-bond acceptors (Lipinski definition) is 2. The highest BCUT2D eigenvalue weighted by molar-refractivity contribution is 9.11. The fraction of sp³-hybridized carbons (Fsp3) is 0.364. The molecule has 0 radical (unpaired) electrons. The second-order valence-electron chi connectivity index (χ2n) is 3.09. The van der Waals surface area contributed by atoms with Crippen molar-refractivity contribution in [3.05, 3.63) is 26.6 Å². The van der Waals surface area contributed by atoms with Gasteiger partial charge in [-0.25, -0.2) is 4.98 Å². The monoisotopic (exact) mass is 271 g/mol. The molecule has 1 rings (SSSR count). The summed E-state index contributed by atoms with van der Waals surface area (Å²) in [5.41, 5.74) is 3.60. The van der Waals surface area contributed by atoms with Gasteiger partial charge < -0.3 is 0 Å². The van der Waals surface area contributed by atoms with Crippen molar-refractivity contribution in [1.82, 2.24) is 4.98 Å². The Morgan fingerprint density at radius 1 is 1.21 bits per heavy atom. The molecule has 0 aliphatic carbocycles. The molecule has 1 aromatic rings. The van der Waals surface area contributed by atoms with Gasteiger partial charge in [0.15, 0.2) is 3.92 Å². The van der Waals surface area contributed by atoms with Gasteiger partial charge in [0.2, 0.25) is 0 Å². The number of allylic oxidation sites excluding steroid dienone is 4. The van der Waals surface area contributed by atoms with Crippen LogP contribution in [0.3, 0.4) is 0 Å². The number of thiazole rings is 1. The maximum Gasteiger partial charge on any atom is 0.160 e. The lowest BCUT2D eigenvalue weighted by molar-refractivity contribution is 1.29. The molecule has 0 saturated heterocycles. The fourth-order valence-electron chi connectivity index (χ4n) is 1.10. The van der Waals surface area contributed by atoms with E-state index in [4.69, 9.17) is 0 Å². The summed E-state index contributed by atoms with van der Waals surface area (Å²) in [7, 11) is 0. The van der Waals surface area contributed by atoms with E-state index in [0.717, 1.165) is 9.61 Å². The molecular weight excluding hydrogens is 258 g/mol. The number of nitrogens with zero attached hydrogens (tertiary/aromatic N) is 1. The molecule has 0 N–H and O–H groups in total. The maximum absolute atomic E-state index is 4.48. The molecule has 0 aliphatic rings. The minimum atomic E-state index is 0.949. The zero-order valence-corrected chi connectivity index (χ0v) is 11.3. The van der Waals surface area contributed by atoms with E-state index in [0.29, 0.717) is 0 Å². The van der Waals surface area contributed by atoms with Crippen LogP contribution in [-0.2, 0) is 0 Å². The van der Waals surface area contributed by atoms with E-state index in [1.165, 1.54) is 16.0 Å². The fourth-order valence-corrected chi connectivity index (χ4v) is 2.65. The Labute approximate surface area is 97.7 Å². The lowest BCUT2D eigenvalue weighted by Crippen LogP contribution is -1.85. The van der Waals surface area contributed by atoms with E-state index in [-0.39, 0.29) is 0 Å². The average molecular weight is 272 g/mol. The van der Waals surface area contributed by atoms with Gasteiger partial charge >= 0.3 is 0 Å². The van der Waals surface area contributed by atoms with Crippen molar-refractivity contribution < 1.29 is 0 Å². The van der Waals surface area contributed by atoms with E-state index >= 15 is 0 Å². The van der Waals surface area contributed by atoms with Gasteiger partial charge in [-0.1, -0.05) is 12.2 Å². The minimum absolute atomic E-state index is 0.949. The third-order valence-electron chi connectivity index (χ3n) is 2.20. The normalized spacial score (nSPS) is 13.5. The van der Waals surface area contributed by atoms with E-state index < -0.39 is 0 Å². The van der Waals surface area contributed by atoms with Crippen LogP contribution in [0.4, 0.5) is 0 Å². The van der Waals surface area contributed by atoms with Crippen LogP contribution in [0.15, 0.2) is 16.1 Å². The molecule has 1 nitrogen and oxygen atoms in total. The van der Waals surface area contributed by atoms with Crippen molar-refractivity contribution in [3.63, 3.8) is 0 Å².